The van der Waals surface area contributed by atoms with Crippen molar-refractivity contribution in [2.24, 2.45) is 27.8 Å². The first-order valence-electron chi connectivity index (χ1n) is 14.5. The molecule has 38 heavy (non-hydrogen) atoms. The van der Waals surface area contributed by atoms with E-state index in [1.807, 2.05) is 25.1 Å². The molecule has 0 spiro atoms. The number of halogens is 1. The number of aliphatic imine (C=N–C) groups is 1. The third-order valence-electron chi connectivity index (χ3n) is 8.83. The number of hydrogen-bond donors (Lipinski definition) is 5. The van der Waals surface area contributed by atoms with Crippen molar-refractivity contribution in [2.75, 3.05) is 46.8 Å². The lowest BCUT2D eigenvalue weighted by atomic mass is 9.72. The van der Waals surface area contributed by atoms with Crippen LogP contribution in [0, 0.1) is 11.3 Å². The zero-order valence-electron chi connectivity index (χ0n) is 23.9. The van der Waals surface area contributed by atoms with Gasteiger partial charge in [-0.25, -0.2) is 0 Å². The molecular weight excluding hydrogens is 502 g/mol. The quantitative estimate of drug-likeness (QED) is 0.156. The Morgan fingerprint density at radius 1 is 1.32 bits per heavy atom. The van der Waals surface area contributed by atoms with E-state index in [1.165, 1.54) is 0 Å². The van der Waals surface area contributed by atoms with Crippen LogP contribution in [0.25, 0.3) is 0 Å². The van der Waals surface area contributed by atoms with Crippen LogP contribution in [-0.4, -0.2) is 109 Å². The van der Waals surface area contributed by atoms with E-state index in [0.717, 1.165) is 58.2 Å². The van der Waals surface area contributed by atoms with E-state index in [9.17, 15) is 9.90 Å². The topological polar surface area (TPSA) is 132 Å². The average molecular weight is 554 g/mol. The average Bonchev–Trinajstić information content (AvgIpc) is 2.85. The van der Waals surface area contributed by atoms with Gasteiger partial charge in [0.15, 0.2) is 0 Å². The van der Waals surface area contributed by atoms with Gasteiger partial charge in [0.25, 0.3) is 0 Å². The molecule has 3 aliphatic rings. The van der Waals surface area contributed by atoms with Crippen LogP contribution in [-0.2, 0) is 4.79 Å². The second kappa shape index (κ2) is 14.0. The minimum atomic E-state index is -0.837. The van der Waals surface area contributed by atoms with Crippen LogP contribution in [0.1, 0.15) is 58.8 Å². The van der Waals surface area contributed by atoms with E-state index >= 15 is 0 Å². The Kier molecular flexibility index (Phi) is 11.6. The van der Waals surface area contributed by atoms with Crippen molar-refractivity contribution in [1.82, 2.24) is 20.4 Å². The summed E-state index contributed by atoms with van der Waals surface area (Å²) in [6, 6.07) is -0.217. The maximum absolute atomic E-state index is 13.9. The van der Waals surface area contributed by atoms with Gasteiger partial charge in [0, 0.05) is 38.4 Å². The number of amides is 1. The molecule has 10 heteroatoms. The number of rotatable bonds is 10. The van der Waals surface area contributed by atoms with Gasteiger partial charge in [0.1, 0.15) is 0 Å². The highest BCUT2D eigenvalue weighted by Gasteiger charge is 2.42. The molecule has 3 heterocycles. The SMILES string of the molecule is CCCC1(CC)/C=C\C(Cl)C=NC(C(C(=O)NC2CNCCC2N2CCC(O)(CN(C)C)CC2)C(N)N)C1. The van der Waals surface area contributed by atoms with E-state index in [4.69, 9.17) is 28.1 Å². The second-order valence-corrected chi connectivity index (χ2v) is 12.6. The fraction of sp³-hybridized carbons (Fsp3) is 0.857. The lowest BCUT2D eigenvalue weighted by molar-refractivity contribution is -0.128. The Hall–Kier alpha value is -1.07. The molecule has 2 saturated heterocycles. The van der Waals surface area contributed by atoms with E-state index in [1.54, 1.807) is 6.21 Å². The number of hydrogen-bond acceptors (Lipinski definition) is 8. The highest BCUT2D eigenvalue weighted by atomic mass is 35.5. The smallest absolute Gasteiger partial charge is 0.228 e. The number of piperidine rings is 2. The summed E-state index contributed by atoms with van der Waals surface area (Å²) in [5, 5.41) is 17.5. The van der Waals surface area contributed by atoms with Crippen LogP contribution in [0.5, 0.6) is 0 Å². The number of nitrogens with two attached hydrogens (primary N) is 2. The molecule has 3 aliphatic heterocycles. The Balaban J connectivity index is 1.74. The Morgan fingerprint density at radius 2 is 2.03 bits per heavy atom. The second-order valence-electron chi connectivity index (χ2n) is 12.1. The summed E-state index contributed by atoms with van der Waals surface area (Å²) in [6.07, 6.45) is 11.2. The first-order valence-corrected chi connectivity index (χ1v) is 15.0. The molecule has 7 N–H and O–H groups in total. The molecule has 0 aromatic carbocycles. The number of carbonyl (C=O) groups excluding carboxylic acids is 1. The summed E-state index contributed by atoms with van der Waals surface area (Å²) in [6.45, 7) is 8.25. The number of alkyl halides is 1. The van der Waals surface area contributed by atoms with Crippen molar-refractivity contribution >= 4 is 23.7 Å². The van der Waals surface area contributed by atoms with Gasteiger partial charge in [0.2, 0.25) is 5.91 Å². The summed E-state index contributed by atoms with van der Waals surface area (Å²) < 4.78 is 0. The van der Waals surface area contributed by atoms with Gasteiger partial charge in [0.05, 0.1) is 35.1 Å². The molecule has 0 aliphatic carbocycles. The molecule has 1 amide bonds. The largest absolute Gasteiger partial charge is 0.388 e. The predicted octanol–water partition coefficient (Wildman–Crippen LogP) is 1.28. The van der Waals surface area contributed by atoms with Crippen LogP contribution in [0.2, 0.25) is 0 Å². The van der Waals surface area contributed by atoms with Gasteiger partial charge in [-0.2, -0.15) is 0 Å². The molecule has 0 aromatic rings. The van der Waals surface area contributed by atoms with Crippen LogP contribution in [0.3, 0.4) is 0 Å². The zero-order chi connectivity index (χ0) is 27.9. The number of nitrogens with one attached hydrogen (secondary N) is 2. The van der Waals surface area contributed by atoms with Crippen molar-refractivity contribution in [3.63, 3.8) is 0 Å². The summed E-state index contributed by atoms with van der Waals surface area (Å²) in [4.78, 5) is 23.1. The molecule has 3 rings (SSSR count). The summed E-state index contributed by atoms with van der Waals surface area (Å²) in [7, 11) is 4.00. The molecule has 0 aromatic heterocycles. The molecule has 218 valence electrons. The molecule has 6 atom stereocenters. The third kappa shape index (κ3) is 8.22. The van der Waals surface area contributed by atoms with Crippen LogP contribution >= 0.6 is 11.6 Å². The van der Waals surface area contributed by atoms with Gasteiger partial charge in [-0.05, 0) is 64.6 Å². The number of likely N-dealkylation sites (N-methyl/N-ethyl adjacent to an activating group) is 1. The number of nitrogens with zero attached hydrogens (tertiary/aromatic N) is 3. The first-order chi connectivity index (χ1) is 18.0. The number of likely N-dealkylation sites (tertiary alicyclic amines) is 1. The molecule has 0 saturated carbocycles. The van der Waals surface area contributed by atoms with E-state index in [-0.39, 0.29) is 34.8 Å². The monoisotopic (exact) mass is 553 g/mol. The van der Waals surface area contributed by atoms with Gasteiger partial charge < -0.3 is 32.1 Å². The van der Waals surface area contributed by atoms with Crippen LogP contribution < -0.4 is 22.1 Å². The van der Waals surface area contributed by atoms with Gasteiger partial charge in [-0.1, -0.05) is 32.4 Å². The highest BCUT2D eigenvalue weighted by Crippen LogP contribution is 2.39. The lowest BCUT2D eigenvalue weighted by Crippen LogP contribution is -2.64. The van der Waals surface area contributed by atoms with E-state index in [0.29, 0.717) is 19.5 Å². The van der Waals surface area contributed by atoms with E-state index < -0.39 is 17.7 Å². The van der Waals surface area contributed by atoms with Gasteiger partial charge in [-0.15, -0.1) is 11.6 Å². The minimum Gasteiger partial charge on any atom is -0.388 e. The molecular formula is C28H52ClN7O2. The Bertz CT molecular complexity index is 815. The Labute approximate surface area is 234 Å². The summed E-state index contributed by atoms with van der Waals surface area (Å²) >= 11 is 6.48. The van der Waals surface area contributed by atoms with Crippen molar-refractivity contribution < 1.29 is 9.90 Å². The fourth-order valence-corrected chi connectivity index (χ4v) is 6.89. The van der Waals surface area contributed by atoms with Crippen molar-refractivity contribution in [3.8, 4) is 0 Å². The Morgan fingerprint density at radius 3 is 2.63 bits per heavy atom. The number of allylic oxidation sites excluding steroid dienone is 2. The van der Waals surface area contributed by atoms with Crippen LogP contribution in [0.4, 0.5) is 0 Å². The maximum Gasteiger partial charge on any atom is 0.228 e. The molecule has 9 nitrogen and oxygen atoms in total. The summed E-state index contributed by atoms with van der Waals surface area (Å²) in [5.41, 5.74) is 11.8. The van der Waals surface area contributed by atoms with Crippen molar-refractivity contribution in [2.45, 2.75) is 94.1 Å². The molecule has 0 bridgehead atoms. The summed E-state index contributed by atoms with van der Waals surface area (Å²) in [5.74, 6) is -0.794. The van der Waals surface area contributed by atoms with Crippen molar-refractivity contribution in [3.05, 3.63) is 12.2 Å². The minimum absolute atomic E-state index is 0.0673. The van der Waals surface area contributed by atoms with Gasteiger partial charge >= 0.3 is 0 Å². The third-order valence-corrected chi connectivity index (χ3v) is 9.09. The number of carbonyl (C=O) groups is 1. The van der Waals surface area contributed by atoms with Gasteiger partial charge in [-0.3, -0.25) is 14.7 Å². The maximum atomic E-state index is 13.9. The van der Waals surface area contributed by atoms with E-state index in [2.05, 4.69) is 35.5 Å². The first kappa shape index (κ1) is 31.5. The lowest BCUT2D eigenvalue weighted by Gasteiger charge is -2.46. The zero-order valence-corrected chi connectivity index (χ0v) is 24.7. The fourth-order valence-electron chi connectivity index (χ4n) is 6.75. The molecule has 6 unspecified atom stereocenters. The molecule has 0 radical (unpaired) electrons. The standard InChI is InChI=1S/C28H52ClN7O2/c1-5-9-27(6-2)10-7-20(29)17-33-21(16-27)24(25(30)31)26(37)34-22-18-32-13-8-23(22)36-14-11-28(38,12-15-36)19-35(3)4/h7,10,17,20-25,32,38H,5-6,8-9,11-16,18-19,30-31H2,1-4H3,(H,34,37)/b10-7-,33-17?. The predicted molar refractivity (Wildman–Crippen MR) is 156 cm³/mol. The highest BCUT2D eigenvalue weighted by molar-refractivity contribution is 6.29. The normalized spacial score (nSPS) is 34.1. The molecule has 2 fully saturated rings. The van der Waals surface area contributed by atoms with Crippen molar-refractivity contribution in [1.29, 1.82) is 0 Å². The number of aliphatic hydroxyl groups is 1. The van der Waals surface area contributed by atoms with Crippen LogP contribution in [0.15, 0.2) is 17.1 Å².